The minimum absolute atomic E-state index is 0.509. The van der Waals surface area contributed by atoms with Crippen LogP contribution < -0.4 is 5.32 Å². The van der Waals surface area contributed by atoms with Gasteiger partial charge in [0.15, 0.2) is 0 Å². The summed E-state index contributed by atoms with van der Waals surface area (Å²) in [5.41, 5.74) is 1.01. The minimum atomic E-state index is 0.509. The van der Waals surface area contributed by atoms with E-state index in [-0.39, 0.29) is 0 Å². The molecule has 0 bridgehead atoms. The number of nitrogens with one attached hydrogen (secondary N) is 1. The van der Waals surface area contributed by atoms with Crippen molar-refractivity contribution >= 4 is 5.82 Å². The van der Waals surface area contributed by atoms with Crippen molar-refractivity contribution in [2.45, 2.75) is 47.2 Å². The summed E-state index contributed by atoms with van der Waals surface area (Å²) in [6, 6.07) is 2.47. The first-order valence-corrected chi connectivity index (χ1v) is 6.68. The fourth-order valence-corrected chi connectivity index (χ4v) is 1.94. The summed E-state index contributed by atoms with van der Waals surface area (Å²) in [6.45, 7) is 12.8. The van der Waals surface area contributed by atoms with Crippen molar-refractivity contribution in [3.8, 4) is 0 Å². The van der Waals surface area contributed by atoms with E-state index in [1.807, 2.05) is 20.0 Å². The summed E-state index contributed by atoms with van der Waals surface area (Å²) in [6.07, 6.45) is 0. The minimum Gasteiger partial charge on any atom is -0.373 e. The van der Waals surface area contributed by atoms with Crippen molar-refractivity contribution in [3.05, 3.63) is 17.6 Å². The van der Waals surface area contributed by atoms with Crippen LogP contribution in [0.1, 0.15) is 39.2 Å². The molecule has 1 heterocycles. The molecule has 0 amide bonds. The Morgan fingerprint density at radius 1 is 1.22 bits per heavy atom. The number of anilines is 1. The van der Waals surface area contributed by atoms with Crippen LogP contribution in [0, 0.1) is 12.8 Å². The first-order chi connectivity index (χ1) is 8.42. The first kappa shape index (κ1) is 14.9. The Bertz CT molecular complexity index is 374. The Morgan fingerprint density at radius 3 is 2.39 bits per heavy atom. The Morgan fingerprint density at radius 2 is 1.89 bits per heavy atom. The zero-order valence-electron chi connectivity index (χ0n) is 12.5. The zero-order chi connectivity index (χ0) is 13.7. The monoisotopic (exact) mass is 250 g/mol. The van der Waals surface area contributed by atoms with Crippen LogP contribution in [0.25, 0.3) is 0 Å². The predicted molar refractivity (Wildman–Crippen MR) is 76.7 cm³/mol. The summed E-state index contributed by atoms with van der Waals surface area (Å²) in [5.74, 6) is 2.44. The normalized spacial score (nSPS) is 11.6. The van der Waals surface area contributed by atoms with Crippen LogP contribution in [0.2, 0.25) is 0 Å². The van der Waals surface area contributed by atoms with Gasteiger partial charge in [-0.05, 0) is 26.7 Å². The van der Waals surface area contributed by atoms with E-state index in [2.05, 4.69) is 47.9 Å². The molecule has 1 N–H and O–H groups in total. The number of aryl methyl sites for hydroxylation is 1. The Balaban J connectivity index is 2.82. The van der Waals surface area contributed by atoms with Crippen molar-refractivity contribution < 1.29 is 0 Å². The molecule has 1 aromatic rings. The van der Waals surface area contributed by atoms with Crippen molar-refractivity contribution in [1.29, 1.82) is 0 Å². The van der Waals surface area contributed by atoms with Gasteiger partial charge in [-0.2, -0.15) is 0 Å². The third kappa shape index (κ3) is 4.61. The molecule has 4 nitrogen and oxygen atoms in total. The van der Waals surface area contributed by atoms with Crippen LogP contribution >= 0.6 is 0 Å². The molecule has 0 spiro atoms. The molecule has 0 atom stereocenters. The molecule has 0 unspecified atom stereocenters. The van der Waals surface area contributed by atoms with E-state index in [9.17, 15) is 0 Å². The Labute approximate surface area is 111 Å². The molecule has 0 aromatic carbocycles. The maximum atomic E-state index is 4.52. The van der Waals surface area contributed by atoms with Gasteiger partial charge in [0.2, 0.25) is 0 Å². The van der Waals surface area contributed by atoms with Crippen LogP contribution in [0.5, 0.6) is 0 Å². The van der Waals surface area contributed by atoms with Crippen molar-refractivity contribution in [2.75, 3.05) is 18.9 Å². The Kier molecular flexibility index (Phi) is 5.54. The zero-order valence-corrected chi connectivity index (χ0v) is 12.5. The van der Waals surface area contributed by atoms with Gasteiger partial charge >= 0.3 is 0 Å². The summed E-state index contributed by atoms with van der Waals surface area (Å²) >= 11 is 0. The van der Waals surface area contributed by atoms with Crippen LogP contribution in [-0.2, 0) is 6.54 Å². The second-order valence-electron chi connectivity index (χ2n) is 5.48. The lowest BCUT2D eigenvalue weighted by Crippen LogP contribution is -2.34. The molecule has 0 fully saturated rings. The smallest absolute Gasteiger partial charge is 0.144 e. The third-order valence-electron chi connectivity index (χ3n) is 2.83. The average molecular weight is 250 g/mol. The lowest BCUT2D eigenvalue weighted by Gasteiger charge is -2.27. The molecular weight excluding hydrogens is 224 g/mol. The van der Waals surface area contributed by atoms with Crippen LogP contribution in [0.3, 0.4) is 0 Å². The van der Waals surface area contributed by atoms with Gasteiger partial charge in [-0.25, -0.2) is 9.97 Å². The highest BCUT2D eigenvalue weighted by Crippen LogP contribution is 2.11. The molecule has 0 radical (unpaired) electrons. The van der Waals surface area contributed by atoms with Crippen LogP contribution in [-0.4, -0.2) is 34.5 Å². The molecule has 1 aromatic heterocycles. The molecule has 1 rings (SSSR count). The standard InChI is InChI=1S/C14H26N4/c1-10(2)8-18(11(3)4)9-14-16-12(5)7-13(15-6)17-14/h7,10-11H,8-9H2,1-6H3,(H,15,16,17). The molecule has 18 heavy (non-hydrogen) atoms. The first-order valence-electron chi connectivity index (χ1n) is 6.68. The highest BCUT2D eigenvalue weighted by atomic mass is 15.2. The van der Waals surface area contributed by atoms with E-state index in [0.29, 0.717) is 12.0 Å². The molecule has 4 heteroatoms. The van der Waals surface area contributed by atoms with E-state index in [1.54, 1.807) is 0 Å². The van der Waals surface area contributed by atoms with Gasteiger partial charge in [0.05, 0.1) is 6.54 Å². The molecule has 0 aliphatic rings. The van der Waals surface area contributed by atoms with E-state index in [4.69, 9.17) is 0 Å². The number of hydrogen-bond acceptors (Lipinski definition) is 4. The second kappa shape index (κ2) is 6.69. The highest BCUT2D eigenvalue weighted by Gasteiger charge is 2.14. The summed E-state index contributed by atoms with van der Waals surface area (Å²) in [5, 5.41) is 3.08. The number of aromatic nitrogens is 2. The van der Waals surface area contributed by atoms with Crippen molar-refractivity contribution in [3.63, 3.8) is 0 Å². The number of hydrogen-bond donors (Lipinski definition) is 1. The SMILES string of the molecule is CNc1cc(C)nc(CN(CC(C)C)C(C)C)n1. The molecular formula is C14H26N4. The molecule has 0 saturated heterocycles. The lowest BCUT2D eigenvalue weighted by molar-refractivity contribution is 0.184. The molecule has 0 aliphatic carbocycles. The van der Waals surface area contributed by atoms with Crippen LogP contribution in [0.15, 0.2) is 6.07 Å². The fraction of sp³-hybridized carbons (Fsp3) is 0.714. The summed E-state index contributed by atoms with van der Waals surface area (Å²) in [4.78, 5) is 11.5. The van der Waals surface area contributed by atoms with Gasteiger partial charge in [-0.1, -0.05) is 13.8 Å². The van der Waals surface area contributed by atoms with Gasteiger partial charge in [-0.3, -0.25) is 4.90 Å². The van der Waals surface area contributed by atoms with E-state index in [1.165, 1.54) is 0 Å². The lowest BCUT2D eigenvalue weighted by atomic mass is 10.2. The predicted octanol–water partition coefficient (Wildman–Crippen LogP) is 2.69. The maximum Gasteiger partial charge on any atom is 0.144 e. The molecule has 0 aliphatic heterocycles. The molecule has 102 valence electrons. The quantitative estimate of drug-likeness (QED) is 0.843. The molecule has 0 saturated carbocycles. The second-order valence-corrected chi connectivity index (χ2v) is 5.48. The summed E-state index contributed by atoms with van der Waals surface area (Å²) < 4.78 is 0. The van der Waals surface area contributed by atoms with Crippen LogP contribution in [0.4, 0.5) is 5.82 Å². The maximum absolute atomic E-state index is 4.52. The van der Waals surface area contributed by atoms with Crippen molar-refractivity contribution in [1.82, 2.24) is 14.9 Å². The summed E-state index contributed by atoms with van der Waals surface area (Å²) in [7, 11) is 1.89. The largest absolute Gasteiger partial charge is 0.373 e. The highest BCUT2D eigenvalue weighted by molar-refractivity contribution is 5.34. The van der Waals surface area contributed by atoms with Gasteiger partial charge in [-0.15, -0.1) is 0 Å². The third-order valence-corrected chi connectivity index (χ3v) is 2.83. The van der Waals surface area contributed by atoms with Gasteiger partial charge in [0.1, 0.15) is 11.6 Å². The van der Waals surface area contributed by atoms with E-state index >= 15 is 0 Å². The fourth-order valence-electron chi connectivity index (χ4n) is 1.94. The van der Waals surface area contributed by atoms with E-state index in [0.717, 1.165) is 30.4 Å². The topological polar surface area (TPSA) is 41.1 Å². The average Bonchev–Trinajstić information content (AvgIpc) is 2.26. The van der Waals surface area contributed by atoms with Gasteiger partial charge in [0, 0.05) is 31.4 Å². The van der Waals surface area contributed by atoms with Crippen molar-refractivity contribution in [2.24, 2.45) is 5.92 Å². The number of rotatable bonds is 6. The van der Waals surface area contributed by atoms with E-state index < -0.39 is 0 Å². The van der Waals surface area contributed by atoms with Gasteiger partial charge in [0.25, 0.3) is 0 Å². The van der Waals surface area contributed by atoms with Gasteiger partial charge < -0.3 is 5.32 Å². The number of nitrogens with zero attached hydrogens (tertiary/aromatic N) is 3. The Hall–Kier alpha value is -1.16.